The Morgan fingerprint density at radius 2 is 2.05 bits per heavy atom. The minimum Gasteiger partial charge on any atom is -0.303 e. The van der Waals surface area contributed by atoms with E-state index in [4.69, 9.17) is 0 Å². The molecular formula is C13H12N2O5. The maximum atomic E-state index is 12.3. The van der Waals surface area contributed by atoms with Crippen molar-refractivity contribution in [2.24, 2.45) is 0 Å². The Bertz CT molecular complexity index is 611. The SMILES string of the molecule is CC[C@H](CC=O)N1C(=O)c2cccc([N+](=O)[O-])c2C1=O. The van der Waals surface area contributed by atoms with Crippen LogP contribution in [0.4, 0.5) is 5.69 Å². The zero-order chi connectivity index (χ0) is 14.9. The molecule has 0 N–H and O–H groups in total. The van der Waals surface area contributed by atoms with Crippen molar-refractivity contribution in [3.05, 3.63) is 39.4 Å². The van der Waals surface area contributed by atoms with E-state index in [1.165, 1.54) is 18.2 Å². The van der Waals surface area contributed by atoms with Crippen LogP contribution in [-0.2, 0) is 4.79 Å². The molecule has 0 aromatic heterocycles. The number of fused-ring (bicyclic) bond motifs is 1. The van der Waals surface area contributed by atoms with Gasteiger partial charge in [0.05, 0.1) is 10.5 Å². The van der Waals surface area contributed by atoms with Gasteiger partial charge < -0.3 is 4.79 Å². The smallest absolute Gasteiger partial charge is 0.282 e. The fraction of sp³-hybridized carbons (Fsp3) is 0.308. The van der Waals surface area contributed by atoms with Gasteiger partial charge in [0.25, 0.3) is 17.5 Å². The lowest BCUT2D eigenvalue weighted by Crippen LogP contribution is -2.39. The first-order chi connectivity index (χ1) is 9.52. The molecule has 0 unspecified atom stereocenters. The number of carbonyl (C=O) groups is 3. The van der Waals surface area contributed by atoms with Gasteiger partial charge in [0.1, 0.15) is 11.8 Å². The van der Waals surface area contributed by atoms with E-state index in [1.807, 2.05) is 0 Å². The first-order valence-electron chi connectivity index (χ1n) is 6.11. The summed E-state index contributed by atoms with van der Waals surface area (Å²) in [6.07, 6.45) is 1.07. The maximum absolute atomic E-state index is 12.3. The summed E-state index contributed by atoms with van der Waals surface area (Å²) in [6, 6.07) is 3.37. The maximum Gasteiger partial charge on any atom is 0.282 e. The van der Waals surface area contributed by atoms with E-state index < -0.39 is 22.8 Å². The van der Waals surface area contributed by atoms with Crippen molar-refractivity contribution in [3.8, 4) is 0 Å². The van der Waals surface area contributed by atoms with Gasteiger partial charge in [-0.2, -0.15) is 0 Å². The van der Waals surface area contributed by atoms with E-state index in [0.717, 1.165) is 4.90 Å². The summed E-state index contributed by atoms with van der Waals surface area (Å²) in [5.41, 5.74) is -0.551. The summed E-state index contributed by atoms with van der Waals surface area (Å²) in [6.45, 7) is 1.74. The van der Waals surface area contributed by atoms with Gasteiger partial charge in [-0.15, -0.1) is 0 Å². The molecule has 0 spiro atoms. The zero-order valence-corrected chi connectivity index (χ0v) is 10.7. The molecule has 1 heterocycles. The lowest BCUT2D eigenvalue weighted by molar-refractivity contribution is -0.385. The Hall–Kier alpha value is -2.57. The Balaban J connectivity index is 2.52. The van der Waals surface area contributed by atoms with E-state index in [-0.39, 0.29) is 23.2 Å². The van der Waals surface area contributed by atoms with Crippen molar-refractivity contribution < 1.29 is 19.3 Å². The molecule has 1 atom stereocenters. The predicted molar refractivity (Wildman–Crippen MR) is 68.4 cm³/mol. The van der Waals surface area contributed by atoms with E-state index >= 15 is 0 Å². The highest BCUT2D eigenvalue weighted by Crippen LogP contribution is 2.32. The number of benzene rings is 1. The van der Waals surface area contributed by atoms with Crippen LogP contribution in [0.1, 0.15) is 40.5 Å². The van der Waals surface area contributed by atoms with E-state index in [9.17, 15) is 24.5 Å². The minimum atomic E-state index is -0.703. The van der Waals surface area contributed by atoms with Gasteiger partial charge in [0.2, 0.25) is 0 Å². The summed E-state index contributed by atoms with van der Waals surface area (Å²) >= 11 is 0. The molecule has 1 aromatic carbocycles. The molecule has 1 aliphatic rings. The molecule has 2 amide bonds. The van der Waals surface area contributed by atoms with Crippen molar-refractivity contribution in [2.75, 3.05) is 0 Å². The number of nitro benzene ring substituents is 1. The van der Waals surface area contributed by atoms with Crippen LogP contribution in [0.5, 0.6) is 0 Å². The van der Waals surface area contributed by atoms with Crippen molar-refractivity contribution in [3.63, 3.8) is 0 Å². The number of imide groups is 1. The van der Waals surface area contributed by atoms with Crippen LogP contribution in [0.2, 0.25) is 0 Å². The van der Waals surface area contributed by atoms with Gasteiger partial charge in [-0.3, -0.25) is 24.6 Å². The van der Waals surface area contributed by atoms with Crippen LogP contribution in [0, 0.1) is 10.1 Å². The summed E-state index contributed by atoms with van der Waals surface area (Å²) in [4.78, 5) is 46.4. The summed E-state index contributed by atoms with van der Waals surface area (Å²) in [5.74, 6) is -1.28. The molecule has 0 saturated carbocycles. The van der Waals surface area contributed by atoms with Crippen LogP contribution >= 0.6 is 0 Å². The highest BCUT2D eigenvalue weighted by molar-refractivity contribution is 6.23. The summed E-state index contributed by atoms with van der Waals surface area (Å²) < 4.78 is 0. The molecule has 1 aromatic rings. The summed E-state index contributed by atoms with van der Waals surface area (Å²) in [7, 11) is 0. The second-order valence-corrected chi connectivity index (χ2v) is 4.40. The van der Waals surface area contributed by atoms with Gasteiger partial charge in [0, 0.05) is 18.5 Å². The molecule has 2 rings (SSSR count). The lowest BCUT2D eigenvalue weighted by atomic mass is 10.1. The standard InChI is InChI=1S/C13H12N2O5/c1-2-8(6-7-16)14-12(17)9-4-3-5-10(15(19)20)11(9)13(14)18/h3-5,7-8H,2,6H2,1H3/t8-/m1/s1. The number of aldehydes is 1. The molecule has 1 aliphatic heterocycles. The molecule has 104 valence electrons. The van der Waals surface area contributed by atoms with Gasteiger partial charge in [-0.25, -0.2) is 0 Å². The lowest BCUT2D eigenvalue weighted by Gasteiger charge is -2.22. The van der Waals surface area contributed by atoms with Crippen molar-refractivity contribution in [2.45, 2.75) is 25.8 Å². The fourth-order valence-corrected chi connectivity index (χ4v) is 2.34. The highest BCUT2D eigenvalue weighted by atomic mass is 16.6. The first kappa shape index (κ1) is 13.9. The number of nitro groups is 1. The van der Waals surface area contributed by atoms with Crippen LogP contribution in [-0.4, -0.2) is 34.0 Å². The minimum absolute atomic E-state index is 0.0218. The van der Waals surface area contributed by atoms with Crippen LogP contribution < -0.4 is 0 Å². The van der Waals surface area contributed by atoms with Gasteiger partial charge in [-0.05, 0) is 12.5 Å². The number of hydrogen-bond donors (Lipinski definition) is 0. The molecule has 7 nitrogen and oxygen atoms in total. The fourth-order valence-electron chi connectivity index (χ4n) is 2.34. The molecular weight excluding hydrogens is 264 g/mol. The largest absolute Gasteiger partial charge is 0.303 e. The molecule has 0 aliphatic carbocycles. The molecule has 0 bridgehead atoms. The van der Waals surface area contributed by atoms with E-state index in [0.29, 0.717) is 12.7 Å². The van der Waals surface area contributed by atoms with Crippen molar-refractivity contribution in [1.82, 2.24) is 4.90 Å². The number of carbonyl (C=O) groups excluding carboxylic acids is 3. The van der Waals surface area contributed by atoms with Crippen LogP contribution in [0.3, 0.4) is 0 Å². The van der Waals surface area contributed by atoms with Crippen molar-refractivity contribution >= 4 is 23.8 Å². The molecule has 0 saturated heterocycles. The van der Waals surface area contributed by atoms with E-state index in [1.54, 1.807) is 6.92 Å². The topological polar surface area (TPSA) is 97.6 Å². The number of hydrogen-bond acceptors (Lipinski definition) is 5. The Kier molecular flexibility index (Phi) is 3.60. The molecule has 0 radical (unpaired) electrons. The third-order valence-electron chi connectivity index (χ3n) is 3.33. The van der Waals surface area contributed by atoms with E-state index in [2.05, 4.69) is 0 Å². The van der Waals surface area contributed by atoms with Crippen LogP contribution in [0.25, 0.3) is 0 Å². The third-order valence-corrected chi connectivity index (χ3v) is 3.33. The molecule has 0 fully saturated rings. The van der Waals surface area contributed by atoms with Crippen molar-refractivity contribution in [1.29, 1.82) is 0 Å². The number of rotatable bonds is 5. The Labute approximate surface area is 114 Å². The predicted octanol–water partition coefficient (Wildman–Crippen LogP) is 1.56. The quantitative estimate of drug-likeness (QED) is 0.352. The molecule has 20 heavy (non-hydrogen) atoms. The second-order valence-electron chi connectivity index (χ2n) is 4.40. The molecule has 7 heteroatoms. The summed E-state index contributed by atoms with van der Waals surface area (Å²) in [5, 5.41) is 11.0. The number of nitrogens with zero attached hydrogens (tertiary/aromatic N) is 2. The average molecular weight is 276 g/mol. The third kappa shape index (κ3) is 1.97. The average Bonchev–Trinajstić information content (AvgIpc) is 2.69. The first-order valence-corrected chi connectivity index (χ1v) is 6.11. The Morgan fingerprint density at radius 3 is 2.60 bits per heavy atom. The highest BCUT2D eigenvalue weighted by Gasteiger charge is 2.43. The normalized spacial score (nSPS) is 15.2. The monoisotopic (exact) mass is 276 g/mol. The second kappa shape index (κ2) is 5.20. The van der Waals surface area contributed by atoms with Gasteiger partial charge in [0.15, 0.2) is 0 Å². The van der Waals surface area contributed by atoms with Gasteiger partial charge >= 0.3 is 0 Å². The van der Waals surface area contributed by atoms with Gasteiger partial charge in [-0.1, -0.05) is 13.0 Å². The Morgan fingerprint density at radius 1 is 1.35 bits per heavy atom. The number of amides is 2. The zero-order valence-electron chi connectivity index (χ0n) is 10.7. The van der Waals surface area contributed by atoms with Crippen LogP contribution in [0.15, 0.2) is 18.2 Å².